The van der Waals surface area contributed by atoms with E-state index in [4.69, 9.17) is 4.74 Å². The first kappa shape index (κ1) is 18.4. The maximum Gasteiger partial charge on any atom is 0.293 e. The molecule has 0 atom stereocenters. The third kappa shape index (κ3) is 3.89. The Balaban J connectivity index is 1.78. The standard InChI is InChI=1S/C19H14BrNO4S/c1-25-16-8-7-12(9-14(16)20)10-17-18(23)21(19(24)26-17)11-15(22)13-5-3-2-4-6-13/h2-10H,11H2,1H3/b17-10+. The number of ketones is 1. The molecule has 2 amide bonds. The molecule has 0 saturated carbocycles. The number of hydrogen-bond acceptors (Lipinski definition) is 5. The van der Waals surface area contributed by atoms with Gasteiger partial charge < -0.3 is 4.74 Å². The normalized spacial score (nSPS) is 15.6. The van der Waals surface area contributed by atoms with Gasteiger partial charge in [-0.3, -0.25) is 19.3 Å². The average molecular weight is 432 g/mol. The van der Waals surface area contributed by atoms with E-state index in [1.807, 2.05) is 0 Å². The molecule has 1 aliphatic heterocycles. The van der Waals surface area contributed by atoms with E-state index in [9.17, 15) is 14.4 Å². The summed E-state index contributed by atoms with van der Waals surface area (Å²) in [6.45, 7) is -0.266. The number of nitrogens with zero attached hydrogens (tertiary/aromatic N) is 1. The average Bonchev–Trinajstić information content (AvgIpc) is 2.90. The number of thioether (sulfide) groups is 1. The van der Waals surface area contributed by atoms with Gasteiger partial charge in [-0.25, -0.2) is 0 Å². The monoisotopic (exact) mass is 431 g/mol. The highest BCUT2D eigenvalue weighted by molar-refractivity contribution is 9.10. The first-order chi connectivity index (χ1) is 12.5. The summed E-state index contributed by atoms with van der Waals surface area (Å²) in [6.07, 6.45) is 1.63. The fourth-order valence-corrected chi connectivity index (χ4v) is 3.82. The topological polar surface area (TPSA) is 63.7 Å². The SMILES string of the molecule is COc1ccc(/C=C2/SC(=O)N(CC(=O)c3ccccc3)C2=O)cc1Br. The Morgan fingerprint density at radius 1 is 1.19 bits per heavy atom. The number of methoxy groups -OCH3 is 1. The fourth-order valence-electron chi connectivity index (χ4n) is 2.42. The second-order valence-electron chi connectivity index (χ2n) is 5.45. The van der Waals surface area contributed by atoms with Gasteiger partial charge in [-0.1, -0.05) is 36.4 Å². The molecule has 0 N–H and O–H groups in total. The van der Waals surface area contributed by atoms with Crippen LogP contribution in [0.3, 0.4) is 0 Å². The molecule has 0 radical (unpaired) electrons. The van der Waals surface area contributed by atoms with Crippen LogP contribution in [0, 0.1) is 0 Å². The van der Waals surface area contributed by atoms with Crippen LogP contribution in [-0.4, -0.2) is 35.5 Å². The van der Waals surface area contributed by atoms with Crippen molar-refractivity contribution in [3.8, 4) is 5.75 Å². The number of carbonyl (C=O) groups is 3. The van der Waals surface area contributed by atoms with Crippen LogP contribution in [0.15, 0.2) is 57.9 Å². The van der Waals surface area contributed by atoms with E-state index in [0.29, 0.717) is 11.3 Å². The summed E-state index contributed by atoms with van der Waals surface area (Å²) >= 11 is 4.22. The third-order valence-corrected chi connectivity index (χ3v) is 5.27. The first-order valence-electron chi connectivity index (χ1n) is 7.67. The fraction of sp³-hybridized carbons (Fsp3) is 0.105. The van der Waals surface area contributed by atoms with E-state index < -0.39 is 11.1 Å². The quantitative estimate of drug-likeness (QED) is 0.519. The molecular weight excluding hydrogens is 418 g/mol. The van der Waals surface area contributed by atoms with Crippen LogP contribution in [-0.2, 0) is 4.79 Å². The first-order valence-corrected chi connectivity index (χ1v) is 9.27. The summed E-state index contributed by atoms with van der Waals surface area (Å²) in [5.41, 5.74) is 1.21. The molecule has 1 aliphatic rings. The zero-order valence-corrected chi connectivity index (χ0v) is 16.2. The lowest BCUT2D eigenvalue weighted by atomic mass is 10.1. The summed E-state index contributed by atoms with van der Waals surface area (Å²) in [4.78, 5) is 38.2. The number of benzene rings is 2. The molecule has 132 valence electrons. The number of imide groups is 1. The molecule has 2 aromatic carbocycles. The molecule has 1 heterocycles. The number of ether oxygens (including phenoxy) is 1. The largest absolute Gasteiger partial charge is 0.496 e. The summed E-state index contributed by atoms with van der Waals surface area (Å²) in [5.74, 6) is -0.0683. The molecule has 2 aromatic rings. The minimum absolute atomic E-state index is 0.266. The zero-order valence-electron chi connectivity index (χ0n) is 13.8. The van der Waals surface area contributed by atoms with Crippen LogP contribution >= 0.6 is 27.7 Å². The van der Waals surface area contributed by atoms with Crippen molar-refractivity contribution in [2.45, 2.75) is 0 Å². The highest BCUT2D eigenvalue weighted by Crippen LogP contribution is 2.33. The zero-order chi connectivity index (χ0) is 18.7. The van der Waals surface area contributed by atoms with Crippen molar-refractivity contribution in [2.24, 2.45) is 0 Å². The molecule has 1 saturated heterocycles. The molecule has 0 bridgehead atoms. The Kier molecular flexibility index (Phi) is 5.58. The molecule has 26 heavy (non-hydrogen) atoms. The van der Waals surface area contributed by atoms with Crippen molar-refractivity contribution in [1.82, 2.24) is 4.90 Å². The lowest BCUT2D eigenvalue weighted by Crippen LogP contribution is -2.33. The number of hydrogen-bond donors (Lipinski definition) is 0. The molecule has 0 unspecified atom stereocenters. The minimum atomic E-state index is -0.462. The maximum absolute atomic E-state index is 12.5. The number of halogens is 1. The summed E-state index contributed by atoms with van der Waals surface area (Å²) in [6, 6.07) is 13.9. The smallest absolute Gasteiger partial charge is 0.293 e. The predicted octanol–water partition coefficient (Wildman–Crippen LogP) is 4.38. The maximum atomic E-state index is 12.5. The molecular formula is C19H14BrNO4S. The van der Waals surface area contributed by atoms with Gasteiger partial charge >= 0.3 is 0 Å². The lowest BCUT2D eigenvalue weighted by molar-refractivity contribution is -0.122. The van der Waals surface area contributed by atoms with Crippen molar-refractivity contribution < 1.29 is 19.1 Å². The van der Waals surface area contributed by atoms with E-state index in [1.165, 1.54) is 0 Å². The molecule has 5 nitrogen and oxygen atoms in total. The van der Waals surface area contributed by atoms with Crippen molar-refractivity contribution in [3.05, 3.63) is 69.0 Å². The van der Waals surface area contributed by atoms with Gasteiger partial charge in [-0.05, 0) is 51.5 Å². The van der Waals surface area contributed by atoms with Crippen molar-refractivity contribution in [2.75, 3.05) is 13.7 Å². The van der Waals surface area contributed by atoms with Crippen LogP contribution in [0.25, 0.3) is 6.08 Å². The Morgan fingerprint density at radius 3 is 2.58 bits per heavy atom. The van der Waals surface area contributed by atoms with Crippen LogP contribution in [0.4, 0.5) is 4.79 Å². The summed E-state index contributed by atoms with van der Waals surface area (Å²) < 4.78 is 5.91. The molecule has 0 aliphatic carbocycles. The van der Waals surface area contributed by atoms with Gasteiger partial charge in [-0.15, -0.1) is 0 Å². The van der Waals surface area contributed by atoms with E-state index >= 15 is 0 Å². The Labute approximate surface area is 163 Å². The van der Waals surface area contributed by atoms with Gasteiger partial charge in [0, 0.05) is 5.56 Å². The molecule has 0 spiro atoms. The van der Waals surface area contributed by atoms with Gasteiger partial charge in [0.05, 0.1) is 23.0 Å². The van der Waals surface area contributed by atoms with Gasteiger partial charge in [0.25, 0.3) is 11.1 Å². The van der Waals surface area contributed by atoms with Crippen LogP contribution in [0.2, 0.25) is 0 Å². The second kappa shape index (κ2) is 7.88. The van der Waals surface area contributed by atoms with Gasteiger partial charge in [0.15, 0.2) is 5.78 Å². The van der Waals surface area contributed by atoms with Gasteiger partial charge in [-0.2, -0.15) is 0 Å². The van der Waals surface area contributed by atoms with E-state index in [-0.39, 0.29) is 17.2 Å². The van der Waals surface area contributed by atoms with Crippen molar-refractivity contribution in [3.63, 3.8) is 0 Å². The van der Waals surface area contributed by atoms with Gasteiger partial charge in [0.1, 0.15) is 5.75 Å². The van der Waals surface area contributed by atoms with E-state index in [2.05, 4.69) is 15.9 Å². The number of Topliss-reactive ketones (excluding diaryl/α,β-unsaturated/α-hetero) is 1. The second-order valence-corrected chi connectivity index (χ2v) is 7.30. The summed E-state index contributed by atoms with van der Waals surface area (Å²) in [5, 5.41) is -0.446. The lowest BCUT2D eigenvalue weighted by Gasteiger charge is -2.11. The third-order valence-electron chi connectivity index (χ3n) is 3.74. The Morgan fingerprint density at radius 2 is 1.92 bits per heavy atom. The Bertz CT molecular complexity index is 911. The Hall–Kier alpha value is -2.38. The van der Waals surface area contributed by atoms with E-state index in [1.54, 1.807) is 61.7 Å². The summed E-state index contributed by atoms with van der Waals surface area (Å²) in [7, 11) is 1.56. The molecule has 1 fully saturated rings. The van der Waals surface area contributed by atoms with E-state index in [0.717, 1.165) is 26.7 Å². The van der Waals surface area contributed by atoms with Crippen molar-refractivity contribution >= 4 is 50.7 Å². The predicted molar refractivity (Wildman–Crippen MR) is 104 cm³/mol. The molecule has 3 rings (SSSR count). The van der Waals surface area contributed by atoms with Gasteiger partial charge in [0.2, 0.25) is 0 Å². The number of carbonyl (C=O) groups excluding carboxylic acids is 3. The minimum Gasteiger partial charge on any atom is -0.496 e. The van der Waals surface area contributed by atoms with Crippen LogP contribution in [0.5, 0.6) is 5.75 Å². The van der Waals surface area contributed by atoms with Crippen LogP contribution < -0.4 is 4.74 Å². The van der Waals surface area contributed by atoms with Crippen molar-refractivity contribution in [1.29, 1.82) is 0 Å². The number of rotatable bonds is 5. The molecule has 7 heteroatoms. The molecule has 0 aromatic heterocycles. The highest BCUT2D eigenvalue weighted by Gasteiger charge is 2.36. The highest BCUT2D eigenvalue weighted by atomic mass is 79.9. The van der Waals surface area contributed by atoms with Crippen LogP contribution in [0.1, 0.15) is 15.9 Å². The number of amides is 2.